The number of esters is 1. The molecular weight excluding hydrogens is 216 g/mol. The number of amides is 1. The van der Waals surface area contributed by atoms with Crippen molar-refractivity contribution < 1.29 is 14.3 Å². The quantitative estimate of drug-likeness (QED) is 0.406. The Balaban J connectivity index is 3.53. The number of hydrogen-bond donors (Lipinski definition) is 2. The van der Waals surface area contributed by atoms with Gasteiger partial charge in [-0.1, -0.05) is 13.3 Å². The Kier molecular flexibility index (Phi) is 7.53. The maximum absolute atomic E-state index is 11.1. The smallest absolute Gasteiger partial charge is 0.325 e. The van der Waals surface area contributed by atoms with Crippen molar-refractivity contribution in [1.29, 1.82) is 0 Å². The molecule has 5 nitrogen and oxygen atoms in total. The minimum atomic E-state index is -0.379. The molecule has 86 valence electrons. The molecule has 0 saturated heterocycles. The lowest BCUT2D eigenvalue weighted by Crippen LogP contribution is -2.40. The van der Waals surface area contributed by atoms with E-state index in [1.807, 2.05) is 6.92 Å². The maximum atomic E-state index is 11.1. The topological polar surface area (TPSA) is 67.4 Å². The van der Waals surface area contributed by atoms with Gasteiger partial charge in [0.2, 0.25) is 5.91 Å². The maximum Gasteiger partial charge on any atom is 0.325 e. The monoisotopic (exact) mass is 232 g/mol. The molecule has 0 aromatic rings. The first-order valence-electron chi connectivity index (χ1n) is 4.77. The molecule has 1 amide bonds. The van der Waals surface area contributed by atoms with Crippen molar-refractivity contribution in [1.82, 2.24) is 10.6 Å². The van der Waals surface area contributed by atoms with Gasteiger partial charge in [0.05, 0.1) is 6.61 Å². The first-order chi connectivity index (χ1) is 7.06. The summed E-state index contributed by atoms with van der Waals surface area (Å²) in [5.41, 5.74) is 0. The molecule has 0 aliphatic rings. The van der Waals surface area contributed by atoms with E-state index in [9.17, 15) is 9.59 Å². The van der Waals surface area contributed by atoms with Gasteiger partial charge >= 0.3 is 5.97 Å². The lowest BCUT2D eigenvalue weighted by molar-refractivity contribution is -0.142. The molecule has 0 aliphatic heterocycles. The van der Waals surface area contributed by atoms with Crippen LogP contribution < -0.4 is 10.6 Å². The Morgan fingerprint density at radius 2 is 2.07 bits per heavy atom. The van der Waals surface area contributed by atoms with Crippen molar-refractivity contribution >= 4 is 29.2 Å². The summed E-state index contributed by atoms with van der Waals surface area (Å²) in [7, 11) is 0. The van der Waals surface area contributed by atoms with Gasteiger partial charge in [-0.3, -0.25) is 9.59 Å². The summed E-state index contributed by atoms with van der Waals surface area (Å²) in [6, 6.07) is 0. The molecule has 0 saturated carbocycles. The van der Waals surface area contributed by atoms with E-state index in [2.05, 4.69) is 10.6 Å². The third-order valence-corrected chi connectivity index (χ3v) is 1.69. The van der Waals surface area contributed by atoms with Gasteiger partial charge in [-0.2, -0.15) is 0 Å². The summed E-state index contributed by atoms with van der Waals surface area (Å²) in [4.78, 5) is 21.6. The number of thiocarbonyl (C=S) groups is 1. The largest absolute Gasteiger partial charge is 0.464 e. The van der Waals surface area contributed by atoms with Crippen LogP contribution in [0.1, 0.15) is 26.7 Å². The minimum absolute atomic E-state index is 0.0250. The average molecular weight is 232 g/mol. The van der Waals surface area contributed by atoms with Crippen LogP contribution in [0.5, 0.6) is 0 Å². The van der Waals surface area contributed by atoms with E-state index in [0.29, 0.717) is 6.61 Å². The van der Waals surface area contributed by atoms with Crippen molar-refractivity contribution in [2.24, 2.45) is 0 Å². The second-order valence-corrected chi connectivity index (χ2v) is 3.35. The number of carbonyl (C=O) groups excluding carboxylic acids is 2. The van der Waals surface area contributed by atoms with Gasteiger partial charge in [0.15, 0.2) is 5.11 Å². The third kappa shape index (κ3) is 9.14. The Labute approximate surface area is 94.6 Å². The third-order valence-electron chi connectivity index (χ3n) is 1.44. The molecule has 0 aromatic carbocycles. The zero-order chi connectivity index (χ0) is 11.7. The number of nitrogens with one attached hydrogen (secondary N) is 2. The van der Waals surface area contributed by atoms with Crippen LogP contribution in [-0.4, -0.2) is 30.1 Å². The summed E-state index contributed by atoms with van der Waals surface area (Å²) in [6.07, 6.45) is 1.83. The molecule has 0 atom stereocenters. The van der Waals surface area contributed by atoms with Crippen LogP contribution in [0.2, 0.25) is 0 Å². The Bertz CT molecular complexity index is 244. The van der Waals surface area contributed by atoms with Gasteiger partial charge in [-0.15, -0.1) is 0 Å². The fraction of sp³-hybridized carbons (Fsp3) is 0.667. The molecule has 0 bridgehead atoms. The van der Waals surface area contributed by atoms with Gasteiger partial charge in [0.25, 0.3) is 0 Å². The van der Waals surface area contributed by atoms with Crippen molar-refractivity contribution in [3.05, 3.63) is 0 Å². The van der Waals surface area contributed by atoms with Crippen LogP contribution in [0.25, 0.3) is 0 Å². The van der Waals surface area contributed by atoms with Crippen LogP contribution in [0.15, 0.2) is 0 Å². The first-order valence-corrected chi connectivity index (χ1v) is 5.18. The van der Waals surface area contributed by atoms with E-state index in [-0.39, 0.29) is 23.5 Å². The standard InChI is InChI=1S/C9H16N2O3S/c1-3-4-5-14-8(13)6-10-9(15)11-7(2)12/h3-6H2,1-2H3,(H2,10,11,12,15). The molecule has 0 aliphatic carbocycles. The highest BCUT2D eigenvalue weighted by atomic mass is 32.1. The molecule has 6 heteroatoms. The SMILES string of the molecule is CCCCOC(=O)CNC(=S)NC(C)=O. The van der Waals surface area contributed by atoms with E-state index in [1.54, 1.807) is 0 Å². The van der Waals surface area contributed by atoms with Gasteiger partial charge in [0, 0.05) is 6.92 Å². The average Bonchev–Trinajstić information content (AvgIpc) is 2.14. The Morgan fingerprint density at radius 1 is 1.40 bits per heavy atom. The molecule has 0 fully saturated rings. The summed E-state index contributed by atoms with van der Waals surface area (Å²) in [5.74, 6) is -0.650. The number of ether oxygens (including phenoxy) is 1. The second-order valence-electron chi connectivity index (χ2n) is 2.94. The van der Waals surface area contributed by atoms with Crippen LogP contribution in [0.3, 0.4) is 0 Å². The molecule has 2 N–H and O–H groups in total. The molecule has 0 rings (SSSR count). The van der Waals surface area contributed by atoms with Crippen molar-refractivity contribution in [3.63, 3.8) is 0 Å². The van der Waals surface area contributed by atoms with E-state index in [1.165, 1.54) is 6.92 Å². The highest BCUT2D eigenvalue weighted by molar-refractivity contribution is 7.80. The lowest BCUT2D eigenvalue weighted by Gasteiger charge is -2.07. The molecule has 0 radical (unpaired) electrons. The van der Waals surface area contributed by atoms with Crippen molar-refractivity contribution in [2.45, 2.75) is 26.7 Å². The number of hydrogen-bond acceptors (Lipinski definition) is 4. The van der Waals surface area contributed by atoms with Crippen LogP contribution in [0, 0.1) is 0 Å². The summed E-state index contributed by atoms with van der Waals surface area (Å²) < 4.78 is 4.86. The van der Waals surface area contributed by atoms with Crippen molar-refractivity contribution in [3.8, 4) is 0 Å². The normalized spacial score (nSPS) is 9.20. The van der Waals surface area contributed by atoms with E-state index in [0.717, 1.165) is 12.8 Å². The second kappa shape index (κ2) is 8.16. The van der Waals surface area contributed by atoms with Crippen LogP contribution in [-0.2, 0) is 14.3 Å². The summed E-state index contributed by atoms with van der Waals surface area (Å²) in [6.45, 7) is 3.75. The Morgan fingerprint density at radius 3 is 2.60 bits per heavy atom. The molecule has 15 heavy (non-hydrogen) atoms. The predicted molar refractivity (Wildman–Crippen MR) is 60.3 cm³/mol. The van der Waals surface area contributed by atoms with Crippen LogP contribution in [0.4, 0.5) is 0 Å². The zero-order valence-corrected chi connectivity index (χ0v) is 9.78. The molecule has 0 heterocycles. The fourth-order valence-electron chi connectivity index (χ4n) is 0.738. The fourth-order valence-corrected chi connectivity index (χ4v) is 0.954. The number of unbranched alkanes of at least 4 members (excludes halogenated alkanes) is 1. The van der Waals surface area contributed by atoms with E-state index in [4.69, 9.17) is 17.0 Å². The van der Waals surface area contributed by atoms with Crippen LogP contribution >= 0.6 is 12.2 Å². The first kappa shape index (κ1) is 13.8. The summed E-state index contributed by atoms with van der Waals surface area (Å²) in [5, 5.41) is 5.04. The van der Waals surface area contributed by atoms with E-state index >= 15 is 0 Å². The highest BCUT2D eigenvalue weighted by Crippen LogP contribution is 1.87. The lowest BCUT2D eigenvalue weighted by atomic mass is 10.4. The minimum Gasteiger partial charge on any atom is -0.464 e. The number of carbonyl (C=O) groups is 2. The van der Waals surface area contributed by atoms with E-state index < -0.39 is 0 Å². The highest BCUT2D eigenvalue weighted by Gasteiger charge is 2.04. The van der Waals surface area contributed by atoms with Gasteiger partial charge in [0.1, 0.15) is 6.54 Å². The zero-order valence-electron chi connectivity index (χ0n) is 8.96. The van der Waals surface area contributed by atoms with Gasteiger partial charge < -0.3 is 15.4 Å². The Hall–Kier alpha value is -1.17. The van der Waals surface area contributed by atoms with Gasteiger partial charge in [-0.05, 0) is 18.6 Å². The molecular formula is C9H16N2O3S. The summed E-state index contributed by atoms with van der Waals surface area (Å²) >= 11 is 4.73. The van der Waals surface area contributed by atoms with Crippen molar-refractivity contribution in [2.75, 3.05) is 13.2 Å². The molecule has 0 aromatic heterocycles. The molecule has 0 unspecified atom stereocenters. The predicted octanol–water partition coefficient (Wildman–Crippen LogP) is 0.340. The molecule has 0 spiro atoms. The van der Waals surface area contributed by atoms with Gasteiger partial charge in [-0.25, -0.2) is 0 Å². The number of rotatable bonds is 5.